The van der Waals surface area contributed by atoms with E-state index >= 15 is 0 Å². The number of piperidine rings is 1. The topological polar surface area (TPSA) is 64.7 Å². The summed E-state index contributed by atoms with van der Waals surface area (Å²) in [7, 11) is 2.11. The third-order valence-corrected chi connectivity index (χ3v) is 4.90. The fourth-order valence-electron chi connectivity index (χ4n) is 3.41. The van der Waals surface area contributed by atoms with Gasteiger partial charge in [0.15, 0.2) is 0 Å². The van der Waals surface area contributed by atoms with Gasteiger partial charge in [-0.3, -0.25) is 9.58 Å². The minimum Gasteiger partial charge on any atom is -0.317 e. The van der Waals surface area contributed by atoms with E-state index in [1.165, 1.54) is 37.9 Å². The third-order valence-electron chi connectivity index (χ3n) is 4.90. The molecule has 3 heterocycles. The normalized spacial score (nSPS) is 23.0. The van der Waals surface area contributed by atoms with E-state index in [2.05, 4.69) is 36.8 Å². The minimum atomic E-state index is 0.511. The number of hydrogen-bond acceptors (Lipinski definition) is 5. The maximum Gasteiger partial charge on any atom is 0.146 e. The highest BCUT2D eigenvalue weighted by Crippen LogP contribution is 2.38. The lowest BCUT2D eigenvalue weighted by Gasteiger charge is -2.35. The first kappa shape index (κ1) is 13.9. The molecule has 0 radical (unpaired) electrons. The fourth-order valence-corrected chi connectivity index (χ4v) is 3.41. The molecule has 0 aromatic carbocycles. The molecule has 22 heavy (non-hydrogen) atoms. The zero-order chi connectivity index (χ0) is 14.9. The van der Waals surface area contributed by atoms with E-state index in [1.807, 2.05) is 4.68 Å². The van der Waals surface area contributed by atoms with Crippen LogP contribution in [0.15, 0.2) is 12.7 Å². The Morgan fingerprint density at radius 2 is 2.09 bits per heavy atom. The molecule has 1 atom stereocenters. The molecule has 2 aromatic heterocycles. The zero-order valence-corrected chi connectivity index (χ0v) is 13.1. The lowest BCUT2D eigenvalue weighted by molar-refractivity contribution is 0.117. The van der Waals surface area contributed by atoms with Crippen molar-refractivity contribution in [3.8, 4) is 0 Å². The Morgan fingerprint density at radius 1 is 1.18 bits per heavy atom. The van der Waals surface area contributed by atoms with Crippen LogP contribution in [0.3, 0.4) is 0 Å². The SMILES string of the molecule is Cn1c(CN2CCCCC2Cn2cncn2)nnc1C1CC1. The van der Waals surface area contributed by atoms with Crippen LogP contribution in [0.25, 0.3) is 0 Å². The van der Waals surface area contributed by atoms with Crippen molar-refractivity contribution in [2.75, 3.05) is 6.54 Å². The highest BCUT2D eigenvalue weighted by molar-refractivity contribution is 5.08. The molecule has 2 fully saturated rings. The van der Waals surface area contributed by atoms with E-state index in [0.29, 0.717) is 12.0 Å². The first-order valence-electron chi connectivity index (χ1n) is 8.26. The number of likely N-dealkylation sites (tertiary alicyclic amines) is 1. The molecule has 1 saturated heterocycles. The van der Waals surface area contributed by atoms with Gasteiger partial charge in [-0.25, -0.2) is 4.98 Å². The molecule has 1 aliphatic heterocycles. The summed E-state index contributed by atoms with van der Waals surface area (Å²) < 4.78 is 4.15. The first-order valence-corrected chi connectivity index (χ1v) is 8.26. The summed E-state index contributed by atoms with van der Waals surface area (Å²) in [5, 5.41) is 13.1. The van der Waals surface area contributed by atoms with Gasteiger partial charge in [-0.1, -0.05) is 6.42 Å². The van der Waals surface area contributed by atoms with Gasteiger partial charge in [-0.05, 0) is 32.2 Å². The average Bonchev–Trinajstić information content (AvgIpc) is 3.12. The molecular formula is C15H23N7. The van der Waals surface area contributed by atoms with Crippen molar-refractivity contribution in [2.24, 2.45) is 7.05 Å². The van der Waals surface area contributed by atoms with Crippen molar-refractivity contribution >= 4 is 0 Å². The van der Waals surface area contributed by atoms with Gasteiger partial charge in [0.1, 0.15) is 24.3 Å². The highest BCUT2D eigenvalue weighted by atomic mass is 15.3. The Hall–Kier alpha value is -1.76. The number of rotatable bonds is 5. The number of hydrogen-bond donors (Lipinski definition) is 0. The second kappa shape index (κ2) is 5.79. The minimum absolute atomic E-state index is 0.511. The van der Waals surface area contributed by atoms with Gasteiger partial charge in [-0.2, -0.15) is 5.10 Å². The molecule has 7 heteroatoms. The molecule has 0 spiro atoms. The average molecular weight is 301 g/mol. The molecule has 4 rings (SSSR count). The molecule has 1 saturated carbocycles. The Bertz CT molecular complexity index is 614. The Kier molecular flexibility index (Phi) is 3.65. The largest absolute Gasteiger partial charge is 0.317 e. The van der Waals surface area contributed by atoms with Gasteiger partial charge >= 0.3 is 0 Å². The predicted octanol–water partition coefficient (Wildman–Crippen LogP) is 1.34. The summed E-state index contributed by atoms with van der Waals surface area (Å²) in [6.45, 7) is 2.92. The van der Waals surface area contributed by atoms with Crippen molar-refractivity contribution in [1.82, 2.24) is 34.4 Å². The predicted molar refractivity (Wildman–Crippen MR) is 81.0 cm³/mol. The van der Waals surface area contributed by atoms with Crippen LogP contribution < -0.4 is 0 Å². The molecule has 0 bridgehead atoms. The van der Waals surface area contributed by atoms with Gasteiger partial charge in [0.25, 0.3) is 0 Å². The molecule has 118 valence electrons. The Labute approximate surface area is 130 Å². The van der Waals surface area contributed by atoms with Crippen molar-refractivity contribution in [3.63, 3.8) is 0 Å². The van der Waals surface area contributed by atoms with Crippen LogP contribution in [0.2, 0.25) is 0 Å². The van der Waals surface area contributed by atoms with Gasteiger partial charge in [0, 0.05) is 19.0 Å². The first-order chi connectivity index (χ1) is 10.8. The molecule has 1 aliphatic carbocycles. The van der Waals surface area contributed by atoms with Crippen LogP contribution in [0, 0.1) is 0 Å². The van der Waals surface area contributed by atoms with E-state index in [-0.39, 0.29) is 0 Å². The number of aromatic nitrogens is 6. The Balaban J connectivity index is 1.47. The van der Waals surface area contributed by atoms with Crippen LogP contribution >= 0.6 is 0 Å². The fraction of sp³-hybridized carbons (Fsp3) is 0.733. The summed E-state index contributed by atoms with van der Waals surface area (Å²) in [4.78, 5) is 6.58. The summed E-state index contributed by atoms with van der Waals surface area (Å²) in [6.07, 6.45) is 9.73. The highest BCUT2D eigenvalue weighted by Gasteiger charge is 2.30. The van der Waals surface area contributed by atoms with E-state index in [9.17, 15) is 0 Å². The van der Waals surface area contributed by atoms with Crippen LogP contribution in [-0.4, -0.2) is 47.0 Å². The lowest BCUT2D eigenvalue weighted by Crippen LogP contribution is -2.42. The van der Waals surface area contributed by atoms with Crippen molar-refractivity contribution < 1.29 is 0 Å². The van der Waals surface area contributed by atoms with Crippen molar-refractivity contribution in [2.45, 2.75) is 57.2 Å². The number of nitrogens with zero attached hydrogens (tertiary/aromatic N) is 7. The molecule has 2 aliphatic rings. The van der Waals surface area contributed by atoms with E-state index in [4.69, 9.17) is 0 Å². The van der Waals surface area contributed by atoms with Crippen molar-refractivity contribution in [1.29, 1.82) is 0 Å². The quantitative estimate of drug-likeness (QED) is 0.834. The standard InChI is InChI=1S/C15H23N7/c1-20-14(18-19-15(20)12-5-6-12)9-21-7-3-2-4-13(21)8-22-11-16-10-17-22/h10-13H,2-9H2,1H3. The summed E-state index contributed by atoms with van der Waals surface area (Å²) >= 11 is 0. The molecule has 7 nitrogen and oxygen atoms in total. The summed E-state index contributed by atoms with van der Waals surface area (Å²) in [5.74, 6) is 2.91. The second-order valence-corrected chi connectivity index (χ2v) is 6.55. The van der Waals surface area contributed by atoms with Gasteiger partial charge in [0.2, 0.25) is 0 Å². The van der Waals surface area contributed by atoms with Crippen LogP contribution in [-0.2, 0) is 20.1 Å². The maximum absolute atomic E-state index is 4.44. The van der Waals surface area contributed by atoms with E-state index in [0.717, 1.165) is 25.5 Å². The summed E-state index contributed by atoms with van der Waals surface area (Å²) in [5.41, 5.74) is 0. The van der Waals surface area contributed by atoms with E-state index < -0.39 is 0 Å². The monoisotopic (exact) mass is 301 g/mol. The Morgan fingerprint density at radius 3 is 2.86 bits per heavy atom. The summed E-state index contributed by atoms with van der Waals surface area (Å²) in [6, 6.07) is 0.511. The van der Waals surface area contributed by atoms with E-state index in [1.54, 1.807) is 12.7 Å². The van der Waals surface area contributed by atoms with Crippen molar-refractivity contribution in [3.05, 3.63) is 24.3 Å². The zero-order valence-electron chi connectivity index (χ0n) is 13.1. The van der Waals surface area contributed by atoms with Crippen LogP contribution in [0.1, 0.15) is 49.7 Å². The molecular weight excluding hydrogens is 278 g/mol. The lowest BCUT2D eigenvalue weighted by atomic mass is 10.0. The maximum atomic E-state index is 4.44. The molecule has 1 unspecified atom stereocenters. The molecule has 2 aromatic rings. The molecule has 0 amide bonds. The van der Waals surface area contributed by atoms with Gasteiger partial charge in [0.05, 0.1) is 13.1 Å². The van der Waals surface area contributed by atoms with Crippen LogP contribution in [0.5, 0.6) is 0 Å². The second-order valence-electron chi connectivity index (χ2n) is 6.55. The van der Waals surface area contributed by atoms with Gasteiger partial charge in [-0.15, -0.1) is 10.2 Å². The van der Waals surface area contributed by atoms with Crippen LogP contribution in [0.4, 0.5) is 0 Å². The smallest absolute Gasteiger partial charge is 0.146 e. The van der Waals surface area contributed by atoms with Gasteiger partial charge < -0.3 is 4.57 Å². The molecule has 0 N–H and O–H groups in total. The third kappa shape index (κ3) is 2.77.